The Morgan fingerprint density at radius 1 is 1.47 bits per heavy atom. The van der Waals surface area contributed by atoms with Crippen LogP contribution in [0.3, 0.4) is 0 Å². The molecule has 0 bridgehead atoms. The van der Waals surface area contributed by atoms with E-state index < -0.39 is 29.9 Å². The standard InChI is InChI=1S/C19H22N4O5S2/c1-4-29-17-18-21(7-22(17)6-11(20)25)5-10(30-18)12-8(2)14-13(9(3)24)16(26)23(14)15(12)19(27)28/h5,7-9,13-14,24H,4,6H2,1-3H3,(H2-,20,25,27,28)/t8-,9+,13+,14+/m0/s1. The first-order valence-corrected chi connectivity index (χ1v) is 11.4. The number of primary amides is 1. The van der Waals surface area contributed by atoms with E-state index in [1.54, 1.807) is 35.8 Å². The molecule has 2 aromatic heterocycles. The molecule has 0 spiro atoms. The summed E-state index contributed by atoms with van der Waals surface area (Å²) in [7, 11) is 0. The van der Waals surface area contributed by atoms with Crippen molar-refractivity contribution in [3.05, 3.63) is 23.1 Å². The van der Waals surface area contributed by atoms with Crippen LogP contribution in [0.5, 0.6) is 0 Å². The molecule has 0 saturated carbocycles. The molecule has 4 atom stereocenters. The Morgan fingerprint density at radius 2 is 2.17 bits per heavy atom. The SMILES string of the molecule is CCSc1c2sc(C3=C(C(=O)[O-])N4C(=O)[C@H]([C@@H](C)O)[C@H]4[C@H]3C)cn2c[n+]1CC(N)=O. The molecule has 0 aliphatic carbocycles. The number of thiazole rings is 1. The lowest BCUT2D eigenvalue weighted by Crippen LogP contribution is -2.64. The summed E-state index contributed by atoms with van der Waals surface area (Å²) in [4.78, 5) is 38.7. The third-order valence-electron chi connectivity index (χ3n) is 5.64. The molecule has 0 unspecified atom stereocenters. The Morgan fingerprint density at radius 3 is 2.73 bits per heavy atom. The first kappa shape index (κ1) is 20.9. The highest BCUT2D eigenvalue weighted by Gasteiger charge is 2.59. The summed E-state index contributed by atoms with van der Waals surface area (Å²) in [5, 5.41) is 22.8. The Balaban J connectivity index is 1.82. The number of β-lactam (4-membered cyclic amide) rings is 1. The van der Waals surface area contributed by atoms with Gasteiger partial charge in [0.05, 0.1) is 34.6 Å². The first-order chi connectivity index (χ1) is 14.2. The number of carbonyl (C=O) groups is 3. The fraction of sp³-hybridized carbons (Fsp3) is 0.474. The van der Waals surface area contributed by atoms with Crippen molar-refractivity contribution in [2.24, 2.45) is 17.6 Å². The van der Waals surface area contributed by atoms with Crippen LogP contribution in [0.25, 0.3) is 10.4 Å². The summed E-state index contributed by atoms with van der Waals surface area (Å²) in [6, 6.07) is -0.397. The molecule has 1 fully saturated rings. The van der Waals surface area contributed by atoms with Crippen LogP contribution in [0.4, 0.5) is 0 Å². The van der Waals surface area contributed by atoms with Gasteiger partial charge in [0.25, 0.3) is 12.2 Å². The molecule has 9 nitrogen and oxygen atoms in total. The molecule has 2 amide bonds. The van der Waals surface area contributed by atoms with E-state index in [1.165, 1.54) is 16.2 Å². The fourth-order valence-electron chi connectivity index (χ4n) is 4.50. The van der Waals surface area contributed by atoms with Crippen LogP contribution in [0.15, 0.2) is 23.2 Å². The number of aromatic nitrogens is 2. The van der Waals surface area contributed by atoms with Crippen molar-refractivity contribution in [3.63, 3.8) is 0 Å². The molecule has 4 heterocycles. The molecule has 11 heteroatoms. The summed E-state index contributed by atoms with van der Waals surface area (Å²) in [6.45, 7) is 5.47. The van der Waals surface area contributed by atoms with Crippen LogP contribution >= 0.6 is 23.1 Å². The van der Waals surface area contributed by atoms with Gasteiger partial charge >= 0.3 is 0 Å². The van der Waals surface area contributed by atoms with Crippen molar-refractivity contribution in [1.29, 1.82) is 0 Å². The van der Waals surface area contributed by atoms with Gasteiger partial charge in [-0.3, -0.25) is 9.59 Å². The van der Waals surface area contributed by atoms with E-state index in [1.807, 2.05) is 18.2 Å². The lowest BCUT2D eigenvalue weighted by Gasteiger charge is -2.47. The molecule has 2 aliphatic heterocycles. The van der Waals surface area contributed by atoms with Crippen LogP contribution in [0, 0.1) is 11.8 Å². The van der Waals surface area contributed by atoms with Crippen molar-refractivity contribution >= 4 is 51.3 Å². The number of thioether (sulfide) groups is 1. The zero-order chi connectivity index (χ0) is 21.9. The van der Waals surface area contributed by atoms with Crippen molar-refractivity contribution in [1.82, 2.24) is 9.30 Å². The molecular weight excluding hydrogens is 428 g/mol. The Hall–Kier alpha value is -2.37. The number of carboxylic acids is 1. The topological polar surface area (TPSA) is 132 Å². The van der Waals surface area contributed by atoms with Gasteiger partial charge in [-0.05, 0) is 12.7 Å². The monoisotopic (exact) mass is 450 g/mol. The van der Waals surface area contributed by atoms with Crippen molar-refractivity contribution < 1.29 is 29.2 Å². The van der Waals surface area contributed by atoms with Gasteiger partial charge in [-0.25, -0.2) is 4.57 Å². The molecular formula is C19H22N4O5S2. The van der Waals surface area contributed by atoms with Crippen molar-refractivity contribution in [2.45, 2.75) is 44.5 Å². The molecule has 0 radical (unpaired) electrons. The van der Waals surface area contributed by atoms with Crippen LogP contribution in [0.1, 0.15) is 25.6 Å². The second kappa shape index (κ2) is 7.40. The molecule has 4 rings (SSSR count). The Labute approximate surface area is 180 Å². The smallest absolute Gasteiger partial charge is 0.259 e. The number of amides is 2. The number of imidazole rings is 1. The Kier molecular flexibility index (Phi) is 5.15. The van der Waals surface area contributed by atoms with Gasteiger partial charge in [-0.1, -0.05) is 36.9 Å². The largest absolute Gasteiger partial charge is 0.543 e. The maximum atomic E-state index is 12.5. The fourth-order valence-corrected chi connectivity index (χ4v) is 6.76. The minimum absolute atomic E-state index is 0.0515. The maximum Gasteiger partial charge on any atom is 0.259 e. The van der Waals surface area contributed by atoms with Crippen LogP contribution in [-0.2, 0) is 20.9 Å². The number of rotatable bonds is 7. The normalized spacial score (nSPS) is 24.3. The van der Waals surface area contributed by atoms with Crippen LogP contribution < -0.4 is 15.4 Å². The average molecular weight is 451 g/mol. The Bertz CT molecular complexity index is 1100. The molecule has 160 valence electrons. The third kappa shape index (κ3) is 2.95. The number of aliphatic hydroxyl groups is 1. The molecule has 30 heavy (non-hydrogen) atoms. The number of carbonyl (C=O) groups excluding carboxylic acids is 3. The van der Waals surface area contributed by atoms with E-state index in [2.05, 4.69) is 0 Å². The van der Waals surface area contributed by atoms with Gasteiger partial charge in [0.1, 0.15) is 6.20 Å². The lowest BCUT2D eigenvalue weighted by atomic mass is 9.77. The number of nitrogens with two attached hydrogens (primary N) is 1. The zero-order valence-corrected chi connectivity index (χ0v) is 18.3. The van der Waals surface area contributed by atoms with Crippen molar-refractivity contribution in [3.8, 4) is 0 Å². The van der Waals surface area contributed by atoms with Gasteiger partial charge in [0, 0.05) is 11.5 Å². The van der Waals surface area contributed by atoms with E-state index in [-0.39, 0.29) is 24.1 Å². The number of hydrogen-bond donors (Lipinski definition) is 2. The second-order valence-corrected chi connectivity index (χ2v) is 9.84. The quantitative estimate of drug-likeness (QED) is 0.323. The van der Waals surface area contributed by atoms with E-state index in [9.17, 15) is 24.6 Å². The van der Waals surface area contributed by atoms with Crippen molar-refractivity contribution in [2.75, 3.05) is 5.75 Å². The molecule has 3 N–H and O–H groups in total. The summed E-state index contributed by atoms with van der Waals surface area (Å²) >= 11 is 2.96. The molecule has 1 saturated heterocycles. The second-order valence-electron chi connectivity index (χ2n) is 7.56. The van der Waals surface area contributed by atoms with Gasteiger partial charge in [-0.2, -0.15) is 4.40 Å². The number of aliphatic carboxylic acids is 1. The van der Waals surface area contributed by atoms with Crippen LogP contribution in [-0.4, -0.2) is 50.1 Å². The van der Waals surface area contributed by atoms with E-state index >= 15 is 0 Å². The highest BCUT2D eigenvalue weighted by Crippen LogP contribution is 2.51. The number of nitrogens with zero attached hydrogens (tertiary/aromatic N) is 3. The average Bonchev–Trinajstić information content (AvgIpc) is 3.24. The molecule has 2 aromatic rings. The molecule has 2 aliphatic rings. The third-order valence-corrected chi connectivity index (χ3v) is 7.91. The first-order valence-electron chi connectivity index (χ1n) is 9.59. The van der Waals surface area contributed by atoms with Gasteiger partial charge in [-0.15, -0.1) is 0 Å². The minimum Gasteiger partial charge on any atom is -0.543 e. The number of aliphatic hydroxyl groups excluding tert-OH is 1. The highest BCUT2D eigenvalue weighted by molar-refractivity contribution is 7.99. The zero-order valence-electron chi connectivity index (χ0n) is 16.7. The van der Waals surface area contributed by atoms with E-state index in [4.69, 9.17) is 5.73 Å². The van der Waals surface area contributed by atoms with Gasteiger partial charge < -0.3 is 25.6 Å². The number of carboxylic acid groups (broad SMARTS) is 1. The van der Waals surface area contributed by atoms with E-state index in [0.29, 0.717) is 10.5 Å². The number of fused-ring (bicyclic) bond motifs is 2. The minimum atomic E-state index is -1.40. The van der Waals surface area contributed by atoms with Crippen LogP contribution in [0.2, 0.25) is 0 Å². The highest BCUT2D eigenvalue weighted by atomic mass is 32.2. The summed E-state index contributed by atoms with van der Waals surface area (Å²) in [5.41, 5.74) is 5.78. The summed E-state index contributed by atoms with van der Waals surface area (Å²) in [6.07, 6.45) is 2.71. The van der Waals surface area contributed by atoms with Gasteiger partial charge in [0.2, 0.25) is 15.8 Å². The predicted octanol–water partition coefficient (Wildman–Crippen LogP) is -0.796. The summed E-state index contributed by atoms with van der Waals surface area (Å²) in [5.74, 6) is -2.34. The number of hydrogen-bond acceptors (Lipinski definition) is 7. The molecule has 0 aromatic carbocycles. The lowest BCUT2D eigenvalue weighted by molar-refractivity contribution is -0.717. The van der Waals surface area contributed by atoms with E-state index in [0.717, 1.165) is 15.6 Å². The predicted molar refractivity (Wildman–Crippen MR) is 108 cm³/mol. The van der Waals surface area contributed by atoms with Gasteiger partial charge in [0.15, 0.2) is 6.54 Å². The maximum absolute atomic E-state index is 12.5. The summed E-state index contributed by atoms with van der Waals surface area (Å²) < 4.78 is 3.62.